The number of nitrogens with one attached hydrogen (secondary N) is 1. The number of anilines is 1. The molecule has 1 aromatic carbocycles. The van der Waals surface area contributed by atoms with E-state index in [1.807, 2.05) is 6.07 Å². The van der Waals surface area contributed by atoms with Crippen molar-refractivity contribution in [2.45, 2.75) is 46.1 Å². The first-order valence-corrected chi connectivity index (χ1v) is 6.99. The third-order valence-corrected chi connectivity index (χ3v) is 3.94. The maximum absolute atomic E-state index is 5.30. The molecule has 1 aromatic rings. The summed E-state index contributed by atoms with van der Waals surface area (Å²) < 4.78 is 5.30. The summed E-state index contributed by atoms with van der Waals surface area (Å²) in [5, 5.41) is 3.68. The van der Waals surface area contributed by atoms with Crippen molar-refractivity contribution < 1.29 is 4.74 Å². The van der Waals surface area contributed by atoms with Crippen molar-refractivity contribution in [3.05, 3.63) is 23.8 Å². The predicted molar refractivity (Wildman–Crippen MR) is 77.3 cm³/mol. The molecule has 0 aliphatic heterocycles. The summed E-state index contributed by atoms with van der Waals surface area (Å²) in [6.07, 6.45) is 3.95. The van der Waals surface area contributed by atoms with Crippen LogP contribution < -0.4 is 10.1 Å². The van der Waals surface area contributed by atoms with E-state index in [2.05, 4.69) is 38.2 Å². The van der Waals surface area contributed by atoms with Crippen molar-refractivity contribution in [1.29, 1.82) is 0 Å². The number of benzene rings is 1. The van der Waals surface area contributed by atoms with Gasteiger partial charge in [0.1, 0.15) is 5.75 Å². The summed E-state index contributed by atoms with van der Waals surface area (Å²) in [6, 6.07) is 6.97. The fraction of sp³-hybridized carbons (Fsp3) is 0.625. The summed E-state index contributed by atoms with van der Waals surface area (Å²) in [7, 11) is 1.72. The molecule has 0 amide bonds. The third kappa shape index (κ3) is 3.18. The fourth-order valence-corrected chi connectivity index (χ4v) is 3.27. The third-order valence-electron chi connectivity index (χ3n) is 3.94. The standard InChI is InChI=1S/C16H25NO/c1-11-7-12(2)9-15(8-11)17-14-5-6-16(18-4)13(3)10-14/h5-6,10-12,15,17H,7-9H2,1-4H3. The van der Waals surface area contributed by atoms with Gasteiger partial charge >= 0.3 is 0 Å². The highest BCUT2D eigenvalue weighted by molar-refractivity contribution is 5.51. The van der Waals surface area contributed by atoms with E-state index in [1.165, 1.54) is 30.5 Å². The highest BCUT2D eigenvalue weighted by Crippen LogP contribution is 2.31. The first-order chi connectivity index (χ1) is 8.58. The number of aryl methyl sites for hydroxylation is 1. The molecule has 18 heavy (non-hydrogen) atoms. The number of rotatable bonds is 3. The summed E-state index contributed by atoms with van der Waals surface area (Å²) in [4.78, 5) is 0. The van der Waals surface area contributed by atoms with E-state index in [9.17, 15) is 0 Å². The van der Waals surface area contributed by atoms with Crippen molar-refractivity contribution in [3.63, 3.8) is 0 Å². The normalized spacial score (nSPS) is 27.9. The molecule has 1 aliphatic rings. The van der Waals surface area contributed by atoms with Gasteiger partial charge in [-0.25, -0.2) is 0 Å². The van der Waals surface area contributed by atoms with Crippen LogP contribution in [0.25, 0.3) is 0 Å². The molecule has 2 unspecified atom stereocenters. The molecular weight excluding hydrogens is 222 g/mol. The zero-order valence-corrected chi connectivity index (χ0v) is 12.0. The van der Waals surface area contributed by atoms with Gasteiger partial charge in [0.15, 0.2) is 0 Å². The molecule has 0 spiro atoms. The molecule has 0 heterocycles. The van der Waals surface area contributed by atoms with Crippen LogP contribution in [0.15, 0.2) is 18.2 Å². The van der Waals surface area contributed by atoms with Crippen molar-refractivity contribution in [2.75, 3.05) is 12.4 Å². The molecule has 0 radical (unpaired) electrons. The number of methoxy groups -OCH3 is 1. The average molecular weight is 247 g/mol. The molecule has 1 N–H and O–H groups in total. The quantitative estimate of drug-likeness (QED) is 0.862. The van der Waals surface area contributed by atoms with Gasteiger partial charge in [-0.2, -0.15) is 0 Å². The van der Waals surface area contributed by atoms with E-state index in [4.69, 9.17) is 4.74 Å². The van der Waals surface area contributed by atoms with Crippen LogP contribution in [-0.2, 0) is 0 Å². The topological polar surface area (TPSA) is 21.3 Å². The van der Waals surface area contributed by atoms with Gasteiger partial charge in [0, 0.05) is 11.7 Å². The lowest BCUT2D eigenvalue weighted by atomic mass is 9.80. The largest absolute Gasteiger partial charge is 0.496 e. The summed E-state index contributed by atoms with van der Waals surface area (Å²) in [5.74, 6) is 2.64. The van der Waals surface area contributed by atoms with Gasteiger partial charge < -0.3 is 10.1 Å². The zero-order valence-electron chi connectivity index (χ0n) is 12.0. The number of hydrogen-bond donors (Lipinski definition) is 1. The van der Waals surface area contributed by atoms with Crippen LogP contribution >= 0.6 is 0 Å². The Balaban J connectivity index is 2.02. The monoisotopic (exact) mass is 247 g/mol. The summed E-state index contributed by atoms with van der Waals surface area (Å²) >= 11 is 0. The van der Waals surface area contributed by atoms with Crippen LogP contribution in [0.3, 0.4) is 0 Å². The molecule has 0 aromatic heterocycles. The van der Waals surface area contributed by atoms with Crippen LogP contribution in [0, 0.1) is 18.8 Å². The van der Waals surface area contributed by atoms with E-state index in [0.717, 1.165) is 17.6 Å². The Bertz CT molecular complexity index is 392. The van der Waals surface area contributed by atoms with Crippen LogP contribution in [0.1, 0.15) is 38.7 Å². The molecular formula is C16H25NO. The lowest BCUT2D eigenvalue weighted by Gasteiger charge is -2.32. The average Bonchev–Trinajstić information content (AvgIpc) is 2.27. The molecule has 1 aliphatic carbocycles. The van der Waals surface area contributed by atoms with Crippen LogP contribution in [0.2, 0.25) is 0 Å². The van der Waals surface area contributed by atoms with Gasteiger partial charge in [0.25, 0.3) is 0 Å². The Morgan fingerprint density at radius 1 is 1.11 bits per heavy atom. The van der Waals surface area contributed by atoms with Crippen LogP contribution in [-0.4, -0.2) is 13.2 Å². The first kappa shape index (κ1) is 13.3. The van der Waals surface area contributed by atoms with Crippen molar-refractivity contribution in [2.24, 2.45) is 11.8 Å². The molecule has 2 heteroatoms. The lowest BCUT2D eigenvalue weighted by Crippen LogP contribution is -2.30. The Morgan fingerprint density at radius 3 is 2.33 bits per heavy atom. The van der Waals surface area contributed by atoms with E-state index < -0.39 is 0 Å². The number of ether oxygens (including phenoxy) is 1. The second-order valence-corrected chi connectivity index (χ2v) is 5.94. The second kappa shape index (κ2) is 5.64. The highest BCUT2D eigenvalue weighted by Gasteiger charge is 2.23. The number of hydrogen-bond acceptors (Lipinski definition) is 2. The lowest BCUT2D eigenvalue weighted by molar-refractivity contribution is 0.281. The van der Waals surface area contributed by atoms with E-state index >= 15 is 0 Å². The summed E-state index contributed by atoms with van der Waals surface area (Å²) in [6.45, 7) is 6.82. The molecule has 2 atom stereocenters. The Kier molecular flexibility index (Phi) is 4.15. The summed E-state index contributed by atoms with van der Waals surface area (Å²) in [5.41, 5.74) is 2.42. The van der Waals surface area contributed by atoms with Gasteiger partial charge in [0.2, 0.25) is 0 Å². The first-order valence-electron chi connectivity index (χ1n) is 6.99. The Labute approximate surface area is 111 Å². The molecule has 2 rings (SSSR count). The smallest absolute Gasteiger partial charge is 0.121 e. The maximum atomic E-state index is 5.30. The van der Waals surface area contributed by atoms with Gasteiger partial charge in [-0.15, -0.1) is 0 Å². The molecule has 2 nitrogen and oxygen atoms in total. The minimum absolute atomic E-state index is 0.622. The molecule has 1 saturated carbocycles. The maximum Gasteiger partial charge on any atom is 0.121 e. The van der Waals surface area contributed by atoms with Gasteiger partial charge in [0.05, 0.1) is 7.11 Å². The van der Waals surface area contributed by atoms with Crippen molar-refractivity contribution >= 4 is 5.69 Å². The van der Waals surface area contributed by atoms with E-state index in [0.29, 0.717) is 6.04 Å². The SMILES string of the molecule is COc1ccc(NC2CC(C)CC(C)C2)cc1C. The van der Waals surface area contributed by atoms with E-state index in [1.54, 1.807) is 7.11 Å². The van der Waals surface area contributed by atoms with Gasteiger partial charge in [-0.05, 0) is 61.8 Å². The molecule has 100 valence electrons. The van der Waals surface area contributed by atoms with Crippen LogP contribution in [0.5, 0.6) is 5.75 Å². The highest BCUT2D eigenvalue weighted by atomic mass is 16.5. The zero-order chi connectivity index (χ0) is 13.1. The molecule has 1 fully saturated rings. The fourth-order valence-electron chi connectivity index (χ4n) is 3.27. The molecule has 0 bridgehead atoms. The predicted octanol–water partition coefficient (Wildman–Crippen LogP) is 4.24. The Hall–Kier alpha value is -1.18. The van der Waals surface area contributed by atoms with Crippen LogP contribution in [0.4, 0.5) is 5.69 Å². The minimum atomic E-state index is 0.622. The van der Waals surface area contributed by atoms with Gasteiger partial charge in [-0.3, -0.25) is 0 Å². The van der Waals surface area contributed by atoms with Crippen molar-refractivity contribution in [1.82, 2.24) is 0 Å². The van der Waals surface area contributed by atoms with Crippen molar-refractivity contribution in [3.8, 4) is 5.75 Å². The van der Waals surface area contributed by atoms with E-state index in [-0.39, 0.29) is 0 Å². The Morgan fingerprint density at radius 2 is 1.78 bits per heavy atom. The van der Waals surface area contributed by atoms with Gasteiger partial charge in [-0.1, -0.05) is 13.8 Å². The minimum Gasteiger partial charge on any atom is -0.496 e. The molecule has 0 saturated heterocycles. The second-order valence-electron chi connectivity index (χ2n) is 5.94.